The molecule has 4 heteroatoms. The average molecular weight is 294 g/mol. The number of ether oxygens (including phenoxy) is 1. The molecule has 0 radical (unpaired) electrons. The molecule has 1 aliphatic heterocycles. The predicted molar refractivity (Wildman–Crippen MR) is 85.5 cm³/mol. The summed E-state index contributed by atoms with van der Waals surface area (Å²) in [5.74, 6) is 0.794. The van der Waals surface area contributed by atoms with Crippen molar-refractivity contribution < 1.29 is 4.74 Å². The monoisotopic (exact) mass is 294 g/mol. The van der Waals surface area contributed by atoms with Gasteiger partial charge in [0.05, 0.1) is 5.69 Å². The van der Waals surface area contributed by atoms with E-state index in [2.05, 4.69) is 48.3 Å². The van der Waals surface area contributed by atoms with Gasteiger partial charge in [0.2, 0.25) is 5.88 Å². The van der Waals surface area contributed by atoms with E-state index in [-0.39, 0.29) is 0 Å². The van der Waals surface area contributed by atoms with E-state index in [9.17, 15) is 0 Å². The largest absolute Gasteiger partial charge is 0.472 e. The number of rotatable bonds is 1. The summed E-state index contributed by atoms with van der Waals surface area (Å²) in [6.45, 7) is 2.65. The standard InChI is InChI=1S/C17H14N2OS/c1-11-6-8-12(9-7-11)15-16-19(17(21)18-15)14-5-3-2-4-13(14)10-20-16/h2-9H,10H2,1H3,(H,18,21). The molecular formula is C17H14N2OS. The lowest BCUT2D eigenvalue weighted by atomic mass is 10.1. The fourth-order valence-electron chi connectivity index (χ4n) is 2.69. The maximum atomic E-state index is 5.95. The normalized spacial score (nSPS) is 12.4. The number of imidazole rings is 1. The van der Waals surface area contributed by atoms with Crippen molar-refractivity contribution in [3.8, 4) is 22.8 Å². The van der Waals surface area contributed by atoms with Gasteiger partial charge in [-0.15, -0.1) is 0 Å². The van der Waals surface area contributed by atoms with Gasteiger partial charge >= 0.3 is 0 Å². The highest BCUT2D eigenvalue weighted by Gasteiger charge is 2.22. The fraction of sp³-hybridized carbons (Fsp3) is 0.118. The van der Waals surface area contributed by atoms with Gasteiger partial charge in [0.1, 0.15) is 12.3 Å². The van der Waals surface area contributed by atoms with E-state index in [1.807, 2.05) is 16.7 Å². The first-order valence-electron chi connectivity index (χ1n) is 6.87. The van der Waals surface area contributed by atoms with Crippen LogP contribution in [0.3, 0.4) is 0 Å². The first-order valence-corrected chi connectivity index (χ1v) is 7.28. The number of fused-ring (bicyclic) bond motifs is 3. The van der Waals surface area contributed by atoms with Crippen molar-refractivity contribution in [2.45, 2.75) is 13.5 Å². The van der Waals surface area contributed by atoms with Crippen molar-refractivity contribution in [1.29, 1.82) is 0 Å². The Balaban J connectivity index is 1.95. The van der Waals surface area contributed by atoms with Gasteiger partial charge in [0, 0.05) is 11.1 Å². The van der Waals surface area contributed by atoms with Crippen LogP contribution in [-0.4, -0.2) is 9.55 Å². The summed E-state index contributed by atoms with van der Waals surface area (Å²) in [5.41, 5.74) is 5.50. The molecule has 1 aromatic heterocycles. The molecule has 0 spiro atoms. The van der Waals surface area contributed by atoms with Crippen LogP contribution in [0, 0.1) is 11.7 Å². The first kappa shape index (κ1) is 12.4. The average Bonchev–Trinajstić information content (AvgIpc) is 2.86. The number of nitrogens with zero attached hydrogens (tertiary/aromatic N) is 1. The van der Waals surface area contributed by atoms with Crippen LogP contribution in [0.1, 0.15) is 11.1 Å². The molecule has 0 unspecified atom stereocenters. The smallest absolute Gasteiger partial charge is 0.225 e. The maximum absolute atomic E-state index is 5.95. The van der Waals surface area contributed by atoms with Crippen LogP contribution >= 0.6 is 12.2 Å². The van der Waals surface area contributed by atoms with Crippen molar-refractivity contribution in [3.05, 3.63) is 64.4 Å². The van der Waals surface area contributed by atoms with E-state index < -0.39 is 0 Å². The Bertz CT molecular complexity index is 875. The van der Waals surface area contributed by atoms with Crippen LogP contribution in [0.4, 0.5) is 0 Å². The number of benzene rings is 2. The third kappa shape index (κ3) is 1.91. The van der Waals surface area contributed by atoms with Crippen molar-refractivity contribution in [2.24, 2.45) is 0 Å². The molecule has 21 heavy (non-hydrogen) atoms. The van der Waals surface area contributed by atoms with Crippen LogP contribution in [0.25, 0.3) is 16.9 Å². The second-order valence-corrected chi connectivity index (χ2v) is 5.62. The van der Waals surface area contributed by atoms with Crippen molar-refractivity contribution in [1.82, 2.24) is 9.55 Å². The predicted octanol–water partition coefficient (Wildman–Crippen LogP) is 4.40. The lowest BCUT2D eigenvalue weighted by molar-refractivity contribution is 0.277. The Hall–Kier alpha value is -2.33. The Morgan fingerprint density at radius 2 is 1.86 bits per heavy atom. The molecule has 0 fully saturated rings. The molecule has 104 valence electrons. The fourth-order valence-corrected chi connectivity index (χ4v) is 2.97. The quantitative estimate of drug-likeness (QED) is 0.674. The second-order valence-electron chi connectivity index (χ2n) is 5.23. The van der Waals surface area contributed by atoms with Gasteiger partial charge in [-0.3, -0.25) is 4.57 Å². The van der Waals surface area contributed by atoms with Crippen LogP contribution in [0.2, 0.25) is 0 Å². The number of hydrogen-bond acceptors (Lipinski definition) is 2. The number of nitrogens with one attached hydrogen (secondary N) is 1. The molecule has 0 bridgehead atoms. The highest BCUT2D eigenvalue weighted by molar-refractivity contribution is 7.71. The number of para-hydroxylation sites is 1. The highest BCUT2D eigenvalue weighted by Crippen LogP contribution is 2.36. The third-order valence-electron chi connectivity index (χ3n) is 3.79. The molecule has 1 N–H and O–H groups in total. The lowest BCUT2D eigenvalue weighted by Crippen LogP contribution is -2.12. The molecule has 4 rings (SSSR count). The minimum atomic E-state index is 0.571. The van der Waals surface area contributed by atoms with E-state index in [1.165, 1.54) is 5.56 Å². The zero-order valence-corrected chi connectivity index (χ0v) is 12.4. The summed E-state index contributed by atoms with van der Waals surface area (Å²) in [7, 11) is 0. The maximum Gasteiger partial charge on any atom is 0.225 e. The number of aromatic amines is 1. The topological polar surface area (TPSA) is 29.9 Å². The van der Waals surface area contributed by atoms with Gasteiger partial charge in [-0.1, -0.05) is 48.0 Å². The van der Waals surface area contributed by atoms with E-state index >= 15 is 0 Å². The van der Waals surface area contributed by atoms with Crippen molar-refractivity contribution >= 4 is 12.2 Å². The van der Waals surface area contributed by atoms with E-state index in [0.29, 0.717) is 11.4 Å². The zero-order valence-electron chi connectivity index (χ0n) is 11.6. The molecule has 3 aromatic rings. The summed E-state index contributed by atoms with van der Waals surface area (Å²) in [5, 5.41) is 0. The SMILES string of the molecule is Cc1ccc(-c2[nH]c(=S)n3c2OCc2ccccc2-3)cc1. The molecule has 2 aromatic carbocycles. The Kier molecular flexibility index (Phi) is 2.72. The van der Waals surface area contributed by atoms with Gasteiger partial charge in [-0.2, -0.15) is 0 Å². The minimum Gasteiger partial charge on any atom is -0.472 e. The van der Waals surface area contributed by atoms with Crippen LogP contribution in [0.5, 0.6) is 5.88 Å². The Morgan fingerprint density at radius 3 is 2.67 bits per heavy atom. The number of aromatic nitrogens is 2. The zero-order chi connectivity index (χ0) is 14.4. The number of H-pyrrole nitrogens is 1. The lowest BCUT2D eigenvalue weighted by Gasteiger charge is -2.20. The van der Waals surface area contributed by atoms with E-state index in [4.69, 9.17) is 17.0 Å². The number of aryl methyl sites for hydroxylation is 1. The summed E-state index contributed by atoms with van der Waals surface area (Å²) in [4.78, 5) is 3.28. The molecule has 0 saturated carbocycles. The number of hydrogen-bond donors (Lipinski definition) is 1. The first-order chi connectivity index (χ1) is 10.2. The molecule has 0 atom stereocenters. The van der Waals surface area contributed by atoms with Crippen molar-refractivity contribution in [3.63, 3.8) is 0 Å². The third-order valence-corrected chi connectivity index (χ3v) is 4.07. The van der Waals surface area contributed by atoms with E-state index in [1.54, 1.807) is 0 Å². The second kappa shape index (κ2) is 4.60. The molecule has 2 heterocycles. The molecule has 1 aliphatic rings. The Morgan fingerprint density at radius 1 is 1.10 bits per heavy atom. The summed E-state index contributed by atoms with van der Waals surface area (Å²) in [6, 6.07) is 16.5. The molecule has 0 amide bonds. The van der Waals surface area contributed by atoms with Gasteiger partial charge in [0.15, 0.2) is 4.77 Å². The molecular weight excluding hydrogens is 280 g/mol. The molecule has 3 nitrogen and oxygen atoms in total. The molecule has 0 saturated heterocycles. The van der Waals surface area contributed by atoms with Gasteiger partial charge in [-0.25, -0.2) is 0 Å². The van der Waals surface area contributed by atoms with Gasteiger partial charge < -0.3 is 9.72 Å². The summed E-state index contributed by atoms with van der Waals surface area (Å²) in [6.07, 6.45) is 0. The van der Waals surface area contributed by atoms with Crippen molar-refractivity contribution in [2.75, 3.05) is 0 Å². The van der Waals surface area contributed by atoms with Crippen LogP contribution in [-0.2, 0) is 6.61 Å². The Labute approximate surface area is 127 Å². The van der Waals surface area contributed by atoms with Gasteiger partial charge in [0.25, 0.3) is 0 Å². The van der Waals surface area contributed by atoms with Crippen LogP contribution in [0.15, 0.2) is 48.5 Å². The van der Waals surface area contributed by atoms with Crippen LogP contribution < -0.4 is 4.74 Å². The van der Waals surface area contributed by atoms with E-state index in [0.717, 1.165) is 28.4 Å². The highest BCUT2D eigenvalue weighted by atomic mass is 32.1. The summed E-state index contributed by atoms with van der Waals surface area (Å²) < 4.78 is 8.59. The summed E-state index contributed by atoms with van der Waals surface area (Å²) >= 11 is 5.49. The molecule has 0 aliphatic carbocycles. The van der Waals surface area contributed by atoms with Gasteiger partial charge in [-0.05, 0) is 25.2 Å². The minimum absolute atomic E-state index is 0.571.